The molecule has 1 aromatic carbocycles. The summed E-state index contributed by atoms with van der Waals surface area (Å²) in [4.78, 5) is 12.9. The summed E-state index contributed by atoms with van der Waals surface area (Å²) in [5.41, 5.74) is 2.17. The second kappa shape index (κ2) is 7.58. The molecule has 7 nitrogen and oxygen atoms in total. The average molecular weight is 383 g/mol. The lowest BCUT2D eigenvalue weighted by atomic mass is 10.1. The summed E-state index contributed by atoms with van der Waals surface area (Å²) < 4.78 is 7.30. The van der Waals surface area contributed by atoms with Crippen LogP contribution in [-0.4, -0.2) is 32.5 Å². The van der Waals surface area contributed by atoms with Crippen LogP contribution in [0.5, 0.6) is 0 Å². The molecular weight excluding hydrogens is 362 g/mol. The fourth-order valence-electron chi connectivity index (χ4n) is 2.96. The standard InChI is InChI=1S/C19H21N5O2S/c1-12(2)14-11-15(24(23-14)13-7-4-3-5-8-13)17(25)20-19-22-21-18(27-19)16-9-6-10-26-16/h3-5,7-8,11-12,16H,6,9-10H2,1-2H3,(H,20,22,25)/t16-/m1/s1. The van der Waals surface area contributed by atoms with Gasteiger partial charge < -0.3 is 4.74 Å². The number of hydrogen-bond donors (Lipinski definition) is 1. The van der Waals surface area contributed by atoms with Crippen LogP contribution >= 0.6 is 11.3 Å². The lowest BCUT2D eigenvalue weighted by Gasteiger charge is -2.06. The van der Waals surface area contributed by atoms with Gasteiger partial charge in [-0.2, -0.15) is 5.10 Å². The van der Waals surface area contributed by atoms with E-state index >= 15 is 0 Å². The zero-order valence-electron chi connectivity index (χ0n) is 15.3. The number of para-hydroxylation sites is 1. The Labute approximate surface area is 161 Å². The zero-order valence-corrected chi connectivity index (χ0v) is 16.1. The Morgan fingerprint density at radius 1 is 1.30 bits per heavy atom. The van der Waals surface area contributed by atoms with Gasteiger partial charge in [0.05, 0.1) is 11.4 Å². The number of aromatic nitrogens is 4. The van der Waals surface area contributed by atoms with E-state index < -0.39 is 0 Å². The molecule has 3 aromatic rings. The molecular formula is C19H21N5O2S. The third-order valence-corrected chi connectivity index (χ3v) is 5.35. The summed E-state index contributed by atoms with van der Waals surface area (Å²) in [6.45, 7) is 4.86. The molecule has 1 atom stereocenters. The highest BCUT2D eigenvalue weighted by Crippen LogP contribution is 2.32. The number of rotatable bonds is 5. The molecule has 1 aliphatic heterocycles. The Kier molecular flexibility index (Phi) is 5.00. The molecule has 1 amide bonds. The number of anilines is 1. The van der Waals surface area contributed by atoms with Gasteiger partial charge in [0.1, 0.15) is 16.8 Å². The van der Waals surface area contributed by atoms with Gasteiger partial charge in [0.15, 0.2) is 0 Å². The second-order valence-electron chi connectivity index (χ2n) is 6.76. The van der Waals surface area contributed by atoms with Crippen molar-refractivity contribution in [3.05, 3.63) is 52.8 Å². The van der Waals surface area contributed by atoms with Crippen LogP contribution in [0.4, 0.5) is 5.13 Å². The molecule has 0 unspecified atom stereocenters. The lowest BCUT2D eigenvalue weighted by molar-refractivity contribution is 0.101. The van der Waals surface area contributed by atoms with Crippen LogP contribution < -0.4 is 5.32 Å². The third-order valence-electron chi connectivity index (χ3n) is 4.42. The van der Waals surface area contributed by atoms with Crippen LogP contribution in [-0.2, 0) is 4.74 Å². The van der Waals surface area contributed by atoms with E-state index in [1.54, 1.807) is 4.68 Å². The number of ether oxygens (including phenoxy) is 1. The minimum Gasteiger partial charge on any atom is -0.371 e. The van der Waals surface area contributed by atoms with Crippen LogP contribution in [0.1, 0.15) is 59.9 Å². The maximum atomic E-state index is 12.9. The summed E-state index contributed by atoms with van der Waals surface area (Å²) in [5.74, 6) is -0.0394. The monoisotopic (exact) mass is 383 g/mol. The first kappa shape index (κ1) is 17.8. The summed E-state index contributed by atoms with van der Waals surface area (Å²) in [5, 5.41) is 17.0. The predicted octanol–water partition coefficient (Wildman–Crippen LogP) is 3.95. The molecule has 140 valence electrons. The van der Waals surface area contributed by atoms with E-state index in [2.05, 4.69) is 34.5 Å². The second-order valence-corrected chi connectivity index (χ2v) is 7.77. The van der Waals surface area contributed by atoms with Crippen molar-refractivity contribution in [2.75, 3.05) is 11.9 Å². The van der Waals surface area contributed by atoms with E-state index in [-0.39, 0.29) is 17.9 Å². The van der Waals surface area contributed by atoms with Gasteiger partial charge in [0.25, 0.3) is 5.91 Å². The first-order chi connectivity index (χ1) is 13.1. The molecule has 1 saturated heterocycles. The third kappa shape index (κ3) is 3.77. The predicted molar refractivity (Wildman–Crippen MR) is 103 cm³/mol. The van der Waals surface area contributed by atoms with Crippen molar-refractivity contribution in [1.29, 1.82) is 0 Å². The van der Waals surface area contributed by atoms with E-state index in [1.165, 1.54) is 11.3 Å². The number of hydrogen-bond acceptors (Lipinski definition) is 6. The van der Waals surface area contributed by atoms with Gasteiger partial charge >= 0.3 is 0 Å². The van der Waals surface area contributed by atoms with Crippen molar-refractivity contribution in [2.24, 2.45) is 0 Å². The molecule has 3 heterocycles. The molecule has 0 bridgehead atoms. The quantitative estimate of drug-likeness (QED) is 0.721. The summed E-state index contributed by atoms with van der Waals surface area (Å²) >= 11 is 1.36. The number of nitrogens with zero attached hydrogens (tertiary/aromatic N) is 4. The Morgan fingerprint density at radius 3 is 2.81 bits per heavy atom. The van der Waals surface area contributed by atoms with Crippen LogP contribution in [0, 0.1) is 0 Å². The Bertz CT molecular complexity index is 929. The average Bonchev–Trinajstić information content (AvgIpc) is 3.42. The van der Waals surface area contributed by atoms with Crippen molar-refractivity contribution in [1.82, 2.24) is 20.0 Å². The van der Waals surface area contributed by atoms with Gasteiger partial charge in [-0.1, -0.05) is 43.4 Å². The molecule has 27 heavy (non-hydrogen) atoms. The maximum Gasteiger partial charge on any atom is 0.276 e. The van der Waals surface area contributed by atoms with Gasteiger partial charge in [-0.05, 0) is 37.0 Å². The minimum atomic E-state index is -0.256. The summed E-state index contributed by atoms with van der Waals surface area (Å²) in [6.07, 6.45) is 1.97. The molecule has 1 N–H and O–H groups in total. The molecule has 0 aliphatic carbocycles. The van der Waals surface area contributed by atoms with Crippen molar-refractivity contribution < 1.29 is 9.53 Å². The van der Waals surface area contributed by atoms with Crippen LogP contribution in [0.15, 0.2) is 36.4 Å². The first-order valence-electron chi connectivity index (χ1n) is 9.03. The van der Waals surface area contributed by atoms with E-state index in [4.69, 9.17) is 4.74 Å². The van der Waals surface area contributed by atoms with E-state index in [0.29, 0.717) is 10.8 Å². The number of nitrogens with one attached hydrogen (secondary N) is 1. The highest BCUT2D eigenvalue weighted by Gasteiger charge is 2.24. The topological polar surface area (TPSA) is 81.9 Å². The fourth-order valence-corrected chi connectivity index (χ4v) is 3.78. The molecule has 1 fully saturated rings. The minimum absolute atomic E-state index is 0.00413. The summed E-state index contributed by atoms with van der Waals surface area (Å²) in [7, 11) is 0. The Morgan fingerprint density at radius 2 is 2.11 bits per heavy atom. The number of carbonyl (C=O) groups excluding carboxylic acids is 1. The molecule has 0 saturated carbocycles. The summed E-state index contributed by atoms with van der Waals surface area (Å²) in [6, 6.07) is 11.5. The number of carbonyl (C=O) groups is 1. The largest absolute Gasteiger partial charge is 0.371 e. The van der Waals surface area contributed by atoms with E-state index in [1.807, 2.05) is 36.4 Å². The molecule has 0 spiro atoms. The van der Waals surface area contributed by atoms with Crippen molar-refractivity contribution in [3.8, 4) is 5.69 Å². The van der Waals surface area contributed by atoms with Gasteiger partial charge in [-0.15, -0.1) is 10.2 Å². The van der Waals surface area contributed by atoms with E-state index in [0.717, 1.165) is 35.8 Å². The van der Waals surface area contributed by atoms with Gasteiger partial charge in [-0.25, -0.2) is 4.68 Å². The Balaban J connectivity index is 1.59. The maximum absolute atomic E-state index is 12.9. The fraction of sp³-hybridized carbons (Fsp3) is 0.368. The molecule has 8 heteroatoms. The number of amides is 1. The van der Waals surface area contributed by atoms with Crippen LogP contribution in [0.2, 0.25) is 0 Å². The van der Waals surface area contributed by atoms with Crippen LogP contribution in [0.25, 0.3) is 5.69 Å². The van der Waals surface area contributed by atoms with Crippen molar-refractivity contribution in [2.45, 2.75) is 38.7 Å². The first-order valence-corrected chi connectivity index (χ1v) is 9.85. The normalized spacial score (nSPS) is 16.8. The highest BCUT2D eigenvalue weighted by atomic mass is 32.1. The molecule has 4 rings (SSSR count). The smallest absolute Gasteiger partial charge is 0.276 e. The van der Waals surface area contributed by atoms with Crippen LogP contribution in [0.3, 0.4) is 0 Å². The SMILES string of the molecule is CC(C)c1cc(C(=O)Nc2nnc([C@H]3CCCO3)s2)n(-c2ccccc2)n1. The lowest BCUT2D eigenvalue weighted by Crippen LogP contribution is -2.16. The van der Waals surface area contributed by atoms with Crippen molar-refractivity contribution in [3.63, 3.8) is 0 Å². The zero-order chi connectivity index (χ0) is 18.8. The van der Waals surface area contributed by atoms with Crippen molar-refractivity contribution >= 4 is 22.4 Å². The highest BCUT2D eigenvalue weighted by molar-refractivity contribution is 7.15. The molecule has 1 aliphatic rings. The molecule has 2 aromatic heterocycles. The number of benzene rings is 1. The van der Waals surface area contributed by atoms with E-state index in [9.17, 15) is 4.79 Å². The van der Waals surface area contributed by atoms with Gasteiger partial charge in [-0.3, -0.25) is 10.1 Å². The Hall–Kier alpha value is -2.58. The molecule has 0 radical (unpaired) electrons. The van der Waals surface area contributed by atoms with Gasteiger partial charge in [0, 0.05) is 6.61 Å². The van der Waals surface area contributed by atoms with Gasteiger partial charge in [0.2, 0.25) is 5.13 Å².